The predicted molar refractivity (Wildman–Crippen MR) is 80.8 cm³/mol. The van der Waals surface area contributed by atoms with Gasteiger partial charge in [-0.3, -0.25) is 14.5 Å². The largest absolute Gasteiger partial charge is 0.481 e. The SMILES string of the molecule is CCCCN(CCC(=O)O)CC(=O)N(CCC)CCC. The maximum Gasteiger partial charge on any atom is 0.304 e. The number of rotatable bonds is 12. The van der Waals surface area contributed by atoms with Crippen LogP contribution in [0.3, 0.4) is 0 Å². The molecule has 0 heterocycles. The summed E-state index contributed by atoms with van der Waals surface area (Å²) >= 11 is 0. The van der Waals surface area contributed by atoms with Crippen molar-refractivity contribution in [3.8, 4) is 0 Å². The van der Waals surface area contributed by atoms with Gasteiger partial charge in [-0.1, -0.05) is 27.2 Å². The first-order valence-corrected chi connectivity index (χ1v) is 7.77. The van der Waals surface area contributed by atoms with Crippen LogP contribution in [-0.4, -0.2) is 59.5 Å². The number of unbranched alkanes of at least 4 members (excludes halogenated alkanes) is 1. The van der Waals surface area contributed by atoms with Gasteiger partial charge in [-0.2, -0.15) is 0 Å². The van der Waals surface area contributed by atoms with E-state index >= 15 is 0 Å². The second-order valence-electron chi connectivity index (χ2n) is 5.15. The molecule has 0 aliphatic rings. The standard InChI is InChI=1S/C15H30N2O3/c1-4-7-11-16(12-8-15(19)20)13-14(18)17(9-5-2)10-6-3/h4-13H2,1-3H3,(H,19,20). The Kier molecular flexibility index (Phi) is 11.1. The van der Waals surface area contributed by atoms with Gasteiger partial charge in [0.2, 0.25) is 5.91 Å². The van der Waals surface area contributed by atoms with E-state index in [1.807, 2.05) is 9.80 Å². The summed E-state index contributed by atoms with van der Waals surface area (Å²) in [4.78, 5) is 26.8. The first-order valence-electron chi connectivity index (χ1n) is 7.77. The fourth-order valence-corrected chi connectivity index (χ4v) is 2.10. The summed E-state index contributed by atoms with van der Waals surface area (Å²) in [6, 6.07) is 0. The summed E-state index contributed by atoms with van der Waals surface area (Å²) in [5.74, 6) is -0.687. The average molecular weight is 286 g/mol. The van der Waals surface area contributed by atoms with Crippen molar-refractivity contribution in [1.29, 1.82) is 0 Å². The Balaban J connectivity index is 4.41. The van der Waals surface area contributed by atoms with Gasteiger partial charge in [-0.15, -0.1) is 0 Å². The molecule has 0 fully saturated rings. The van der Waals surface area contributed by atoms with Crippen molar-refractivity contribution in [2.24, 2.45) is 0 Å². The molecule has 5 heteroatoms. The van der Waals surface area contributed by atoms with Crippen molar-refractivity contribution < 1.29 is 14.7 Å². The van der Waals surface area contributed by atoms with Crippen LogP contribution < -0.4 is 0 Å². The van der Waals surface area contributed by atoms with Crippen LogP contribution in [-0.2, 0) is 9.59 Å². The van der Waals surface area contributed by atoms with Crippen molar-refractivity contribution in [2.75, 3.05) is 32.7 Å². The van der Waals surface area contributed by atoms with E-state index in [1.165, 1.54) is 0 Å². The molecule has 20 heavy (non-hydrogen) atoms. The summed E-state index contributed by atoms with van der Waals surface area (Å²) in [5.41, 5.74) is 0. The highest BCUT2D eigenvalue weighted by Crippen LogP contribution is 2.02. The number of carboxylic acid groups (broad SMARTS) is 1. The van der Waals surface area contributed by atoms with E-state index in [1.54, 1.807) is 0 Å². The summed E-state index contributed by atoms with van der Waals surface area (Å²) in [7, 11) is 0. The molecule has 1 amide bonds. The van der Waals surface area contributed by atoms with E-state index in [9.17, 15) is 9.59 Å². The molecule has 0 aliphatic heterocycles. The minimum Gasteiger partial charge on any atom is -0.481 e. The van der Waals surface area contributed by atoms with Crippen molar-refractivity contribution in [2.45, 2.75) is 52.9 Å². The second kappa shape index (κ2) is 11.7. The minimum atomic E-state index is -0.807. The Morgan fingerprint density at radius 3 is 1.95 bits per heavy atom. The maximum atomic E-state index is 12.3. The Morgan fingerprint density at radius 2 is 1.50 bits per heavy atom. The maximum absolute atomic E-state index is 12.3. The monoisotopic (exact) mass is 286 g/mol. The number of aliphatic carboxylic acids is 1. The van der Waals surface area contributed by atoms with Crippen LogP contribution in [0.4, 0.5) is 0 Å². The second-order valence-corrected chi connectivity index (χ2v) is 5.15. The molecule has 0 spiro atoms. The quantitative estimate of drug-likeness (QED) is 0.597. The normalized spacial score (nSPS) is 10.8. The van der Waals surface area contributed by atoms with Crippen molar-refractivity contribution in [3.63, 3.8) is 0 Å². The summed E-state index contributed by atoms with van der Waals surface area (Å²) in [6.45, 7) is 9.38. The zero-order valence-electron chi connectivity index (χ0n) is 13.2. The Labute approximate surface area is 122 Å². The third-order valence-electron chi connectivity index (χ3n) is 3.17. The smallest absolute Gasteiger partial charge is 0.304 e. The van der Waals surface area contributed by atoms with Crippen LogP contribution in [0.25, 0.3) is 0 Å². The highest BCUT2D eigenvalue weighted by atomic mass is 16.4. The molecular formula is C15H30N2O3. The fraction of sp³-hybridized carbons (Fsp3) is 0.867. The molecular weight excluding hydrogens is 256 g/mol. The van der Waals surface area contributed by atoms with Crippen molar-refractivity contribution >= 4 is 11.9 Å². The first kappa shape index (κ1) is 18.9. The lowest BCUT2D eigenvalue weighted by Gasteiger charge is -2.26. The van der Waals surface area contributed by atoms with Gasteiger partial charge < -0.3 is 10.0 Å². The van der Waals surface area contributed by atoms with Crippen molar-refractivity contribution in [1.82, 2.24) is 9.80 Å². The molecule has 1 N–H and O–H groups in total. The van der Waals surface area contributed by atoms with Crippen LogP contribution in [0.15, 0.2) is 0 Å². The van der Waals surface area contributed by atoms with Crippen LogP contribution >= 0.6 is 0 Å². The Hall–Kier alpha value is -1.10. The lowest BCUT2D eigenvalue weighted by molar-refractivity contribution is -0.138. The first-order chi connectivity index (χ1) is 9.54. The summed E-state index contributed by atoms with van der Waals surface area (Å²) in [6.07, 6.45) is 4.05. The molecule has 0 atom stereocenters. The van der Waals surface area contributed by atoms with Gasteiger partial charge in [-0.05, 0) is 25.8 Å². The highest BCUT2D eigenvalue weighted by molar-refractivity contribution is 5.78. The van der Waals surface area contributed by atoms with Crippen LogP contribution in [0.1, 0.15) is 52.9 Å². The molecule has 0 saturated heterocycles. The number of carbonyl (C=O) groups excluding carboxylic acids is 1. The van der Waals surface area contributed by atoms with Gasteiger partial charge in [0.05, 0.1) is 13.0 Å². The number of carboxylic acids is 1. The van der Waals surface area contributed by atoms with Crippen LogP contribution in [0, 0.1) is 0 Å². The summed E-state index contributed by atoms with van der Waals surface area (Å²) < 4.78 is 0. The van der Waals surface area contributed by atoms with E-state index in [0.29, 0.717) is 13.1 Å². The number of nitrogens with zero attached hydrogens (tertiary/aromatic N) is 2. The van der Waals surface area contributed by atoms with Crippen LogP contribution in [0.2, 0.25) is 0 Å². The fourth-order valence-electron chi connectivity index (χ4n) is 2.10. The lowest BCUT2D eigenvalue weighted by atomic mass is 10.2. The summed E-state index contributed by atoms with van der Waals surface area (Å²) in [5, 5.41) is 8.78. The molecule has 0 rings (SSSR count). The molecule has 0 unspecified atom stereocenters. The van der Waals surface area contributed by atoms with E-state index in [0.717, 1.165) is 45.3 Å². The molecule has 0 aromatic heterocycles. The Morgan fingerprint density at radius 1 is 0.900 bits per heavy atom. The molecule has 5 nitrogen and oxygen atoms in total. The van der Waals surface area contributed by atoms with Gasteiger partial charge in [0.25, 0.3) is 0 Å². The molecule has 0 radical (unpaired) electrons. The molecule has 118 valence electrons. The van der Waals surface area contributed by atoms with E-state index in [4.69, 9.17) is 5.11 Å². The number of amides is 1. The Bertz CT molecular complexity index is 276. The zero-order chi connectivity index (χ0) is 15.4. The predicted octanol–water partition coefficient (Wildman–Crippen LogP) is 2.21. The van der Waals surface area contributed by atoms with Crippen LogP contribution in [0.5, 0.6) is 0 Å². The van der Waals surface area contributed by atoms with Gasteiger partial charge in [0, 0.05) is 19.6 Å². The topological polar surface area (TPSA) is 60.9 Å². The molecule has 0 aromatic carbocycles. The number of hydrogen-bond acceptors (Lipinski definition) is 3. The molecule has 0 aromatic rings. The van der Waals surface area contributed by atoms with Gasteiger partial charge in [-0.25, -0.2) is 0 Å². The molecule has 0 saturated carbocycles. The lowest BCUT2D eigenvalue weighted by Crippen LogP contribution is -2.42. The van der Waals surface area contributed by atoms with E-state index in [2.05, 4.69) is 20.8 Å². The zero-order valence-corrected chi connectivity index (χ0v) is 13.2. The molecule has 0 aliphatic carbocycles. The number of carbonyl (C=O) groups is 2. The minimum absolute atomic E-state index is 0.0958. The van der Waals surface area contributed by atoms with Gasteiger partial charge >= 0.3 is 5.97 Å². The van der Waals surface area contributed by atoms with Gasteiger partial charge in [0.15, 0.2) is 0 Å². The third kappa shape index (κ3) is 8.91. The highest BCUT2D eigenvalue weighted by Gasteiger charge is 2.16. The van der Waals surface area contributed by atoms with Crippen molar-refractivity contribution in [3.05, 3.63) is 0 Å². The van der Waals surface area contributed by atoms with Gasteiger partial charge in [0.1, 0.15) is 0 Å². The third-order valence-corrected chi connectivity index (χ3v) is 3.17. The average Bonchev–Trinajstić information content (AvgIpc) is 2.41. The van der Waals surface area contributed by atoms with E-state index in [-0.39, 0.29) is 12.3 Å². The number of hydrogen-bond donors (Lipinski definition) is 1. The van der Waals surface area contributed by atoms with E-state index < -0.39 is 5.97 Å². The molecule has 0 bridgehead atoms.